The van der Waals surface area contributed by atoms with Crippen molar-refractivity contribution >= 4 is 5.69 Å². The van der Waals surface area contributed by atoms with Crippen molar-refractivity contribution < 1.29 is 0 Å². The third kappa shape index (κ3) is 1.08. The number of nitrogens with one attached hydrogen (secondary N) is 1. The van der Waals surface area contributed by atoms with Gasteiger partial charge in [-0.05, 0) is 19.9 Å². The molecule has 0 saturated heterocycles. The normalized spacial score (nSPS) is 16.4. The molecule has 0 amide bonds. The van der Waals surface area contributed by atoms with Gasteiger partial charge in [0.2, 0.25) is 0 Å². The Kier molecular flexibility index (Phi) is 1.46. The third-order valence-corrected chi connectivity index (χ3v) is 2.78. The molecule has 3 rings (SSSR count). The van der Waals surface area contributed by atoms with Crippen LogP contribution in [0.25, 0.3) is 5.69 Å². The highest BCUT2D eigenvalue weighted by molar-refractivity contribution is 5.64. The van der Waals surface area contributed by atoms with Gasteiger partial charge in [0.25, 0.3) is 0 Å². The molecule has 1 aliphatic heterocycles. The summed E-state index contributed by atoms with van der Waals surface area (Å²) in [6.07, 6.45) is 7.38. The highest BCUT2D eigenvalue weighted by Gasteiger charge is 2.30. The second-order valence-electron chi connectivity index (χ2n) is 4.29. The zero-order valence-electron chi connectivity index (χ0n) is 8.73. The van der Waals surface area contributed by atoms with E-state index in [0.717, 1.165) is 11.4 Å². The molecule has 3 heterocycles. The van der Waals surface area contributed by atoms with Gasteiger partial charge in [-0.3, -0.25) is 9.55 Å². The summed E-state index contributed by atoms with van der Waals surface area (Å²) in [7, 11) is 0. The highest BCUT2D eigenvalue weighted by atomic mass is 15.2. The van der Waals surface area contributed by atoms with E-state index in [1.165, 1.54) is 5.69 Å². The van der Waals surface area contributed by atoms with E-state index in [0.29, 0.717) is 0 Å². The van der Waals surface area contributed by atoms with E-state index in [1.807, 2.05) is 24.8 Å². The molecule has 2 aromatic heterocycles. The number of anilines is 1. The van der Waals surface area contributed by atoms with Crippen LogP contribution >= 0.6 is 0 Å². The molecule has 0 atom stereocenters. The number of fused-ring (bicyclic) bond motifs is 3. The van der Waals surface area contributed by atoms with Crippen LogP contribution in [-0.2, 0) is 5.54 Å². The first-order valence-electron chi connectivity index (χ1n) is 4.94. The molecule has 0 bridgehead atoms. The van der Waals surface area contributed by atoms with Gasteiger partial charge in [-0.25, -0.2) is 4.98 Å². The van der Waals surface area contributed by atoms with E-state index in [4.69, 9.17) is 0 Å². The van der Waals surface area contributed by atoms with Crippen molar-refractivity contribution in [1.82, 2.24) is 14.5 Å². The molecular formula is C11H12N4. The first-order chi connectivity index (χ1) is 7.18. The van der Waals surface area contributed by atoms with Crippen LogP contribution in [0.15, 0.2) is 31.0 Å². The Labute approximate surface area is 88.0 Å². The van der Waals surface area contributed by atoms with Gasteiger partial charge in [-0.1, -0.05) is 0 Å². The molecule has 0 aromatic carbocycles. The number of hydrogen-bond acceptors (Lipinski definition) is 3. The van der Waals surface area contributed by atoms with Gasteiger partial charge in [-0.2, -0.15) is 0 Å². The summed E-state index contributed by atoms with van der Waals surface area (Å²) in [4.78, 5) is 8.33. The summed E-state index contributed by atoms with van der Waals surface area (Å²) in [6.45, 7) is 4.27. The maximum atomic E-state index is 4.20. The van der Waals surface area contributed by atoms with E-state index in [9.17, 15) is 0 Å². The number of hydrogen-bond donors (Lipinski definition) is 1. The minimum Gasteiger partial charge on any atom is -0.372 e. The highest BCUT2D eigenvalue weighted by Crippen LogP contribution is 2.35. The summed E-state index contributed by atoms with van der Waals surface area (Å²) in [6, 6.07) is 1.99. The standard InChI is InChI=1S/C11H12N4/c1-11(2)10-6-13-7-15(10)9-3-4-12-5-8(9)14-11/h3-7,14H,1-2H3. The van der Waals surface area contributed by atoms with Crippen molar-refractivity contribution in [1.29, 1.82) is 0 Å². The summed E-state index contributed by atoms with van der Waals surface area (Å²) in [5.41, 5.74) is 3.22. The summed E-state index contributed by atoms with van der Waals surface area (Å²) >= 11 is 0. The third-order valence-electron chi connectivity index (χ3n) is 2.78. The molecular weight excluding hydrogens is 188 g/mol. The molecule has 4 nitrogen and oxygen atoms in total. The number of nitrogens with zero attached hydrogens (tertiary/aromatic N) is 3. The van der Waals surface area contributed by atoms with Gasteiger partial charge in [-0.15, -0.1) is 0 Å². The Morgan fingerprint density at radius 2 is 2.13 bits per heavy atom. The Hall–Kier alpha value is -1.84. The lowest BCUT2D eigenvalue weighted by atomic mass is 9.98. The predicted molar refractivity (Wildman–Crippen MR) is 58.0 cm³/mol. The average Bonchev–Trinajstić information content (AvgIpc) is 2.66. The minimum absolute atomic E-state index is 0.105. The Balaban J connectivity index is 2.32. The SMILES string of the molecule is CC1(C)Nc2cnccc2-n2cncc21. The Morgan fingerprint density at radius 3 is 3.00 bits per heavy atom. The van der Waals surface area contributed by atoms with Crippen LogP contribution in [0.2, 0.25) is 0 Å². The largest absolute Gasteiger partial charge is 0.372 e. The fraction of sp³-hybridized carbons (Fsp3) is 0.273. The fourth-order valence-corrected chi connectivity index (χ4v) is 2.04. The van der Waals surface area contributed by atoms with Crippen molar-refractivity contribution in [2.24, 2.45) is 0 Å². The number of imidazole rings is 1. The maximum Gasteiger partial charge on any atom is 0.0995 e. The summed E-state index contributed by atoms with van der Waals surface area (Å²) in [5, 5.41) is 3.46. The van der Waals surface area contributed by atoms with Crippen molar-refractivity contribution in [3.8, 4) is 5.69 Å². The number of rotatable bonds is 0. The zero-order valence-corrected chi connectivity index (χ0v) is 8.73. The first-order valence-corrected chi connectivity index (χ1v) is 4.94. The van der Waals surface area contributed by atoms with Gasteiger partial charge in [0.15, 0.2) is 0 Å². The molecule has 1 aliphatic rings. The molecule has 76 valence electrons. The van der Waals surface area contributed by atoms with Crippen molar-refractivity contribution in [3.05, 3.63) is 36.7 Å². The first kappa shape index (κ1) is 8.47. The van der Waals surface area contributed by atoms with Crippen LogP contribution in [0, 0.1) is 0 Å². The van der Waals surface area contributed by atoms with Gasteiger partial charge >= 0.3 is 0 Å². The van der Waals surface area contributed by atoms with Gasteiger partial charge in [0, 0.05) is 6.20 Å². The van der Waals surface area contributed by atoms with E-state index in [-0.39, 0.29) is 5.54 Å². The van der Waals surface area contributed by atoms with Gasteiger partial charge in [0.05, 0.1) is 41.3 Å². The molecule has 0 unspecified atom stereocenters. The topological polar surface area (TPSA) is 42.7 Å². The Morgan fingerprint density at radius 1 is 1.27 bits per heavy atom. The van der Waals surface area contributed by atoms with E-state index in [2.05, 4.69) is 33.7 Å². The molecule has 15 heavy (non-hydrogen) atoms. The van der Waals surface area contributed by atoms with Crippen molar-refractivity contribution in [3.63, 3.8) is 0 Å². The minimum atomic E-state index is -0.105. The average molecular weight is 200 g/mol. The molecule has 2 aromatic rings. The molecule has 4 heteroatoms. The van der Waals surface area contributed by atoms with Gasteiger partial charge in [0.1, 0.15) is 0 Å². The van der Waals surface area contributed by atoms with Crippen molar-refractivity contribution in [2.75, 3.05) is 5.32 Å². The van der Waals surface area contributed by atoms with Crippen LogP contribution in [0.3, 0.4) is 0 Å². The maximum absolute atomic E-state index is 4.20. The second-order valence-corrected chi connectivity index (χ2v) is 4.29. The van der Waals surface area contributed by atoms with E-state index < -0.39 is 0 Å². The smallest absolute Gasteiger partial charge is 0.0995 e. The lowest BCUT2D eigenvalue weighted by molar-refractivity contribution is 0.559. The molecule has 1 N–H and O–H groups in total. The molecule has 0 radical (unpaired) electrons. The number of aromatic nitrogens is 3. The molecule has 0 saturated carbocycles. The Bertz CT molecular complexity index is 513. The van der Waals surface area contributed by atoms with E-state index in [1.54, 1.807) is 6.20 Å². The quantitative estimate of drug-likeness (QED) is 0.706. The predicted octanol–water partition coefficient (Wildman–Crippen LogP) is 1.93. The van der Waals surface area contributed by atoms with Crippen LogP contribution in [0.5, 0.6) is 0 Å². The fourth-order valence-electron chi connectivity index (χ4n) is 2.04. The van der Waals surface area contributed by atoms with Crippen LogP contribution in [0.4, 0.5) is 5.69 Å². The lowest BCUT2D eigenvalue weighted by Crippen LogP contribution is -2.34. The summed E-state index contributed by atoms with van der Waals surface area (Å²) < 4.78 is 2.10. The molecule has 0 aliphatic carbocycles. The van der Waals surface area contributed by atoms with E-state index >= 15 is 0 Å². The van der Waals surface area contributed by atoms with Crippen molar-refractivity contribution in [2.45, 2.75) is 19.4 Å². The zero-order chi connectivity index (χ0) is 10.5. The van der Waals surface area contributed by atoms with Crippen LogP contribution in [-0.4, -0.2) is 14.5 Å². The number of pyridine rings is 1. The molecule has 0 fully saturated rings. The summed E-state index contributed by atoms with van der Waals surface area (Å²) in [5.74, 6) is 0. The monoisotopic (exact) mass is 200 g/mol. The van der Waals surface area contributed by atoms with Crippen LogP contribution in [0.1, 0.15) is 19.5 Å². The lowest BCUT2D eigenvalue weighted by Gasteiger charge is -2.34. The van der Waals surface area contributed by atoms with Gasteiger partial charge < -0.3 is 5.32 Å². The molecule has 0 spiro atoms. The van der Waals surface area contributed by atoms with Crippen LogP contribution < -0.4 is 5.32 Å². The second kappa shape index (κ2) is 2.59.